The fourth-order valence-corrected chi connectivity index (χ4v) is 4.30. The number of alkyl halides is 1. The lowest BCUT2D eigenvalue weighted by atomic mass is 10.0. The quantitative estimate of drug-likeness (QED) is 0.753. The van der Waals surface area contributed by atoms with E-state index < -0.39 is 11.6 Å². The molecule has 2 nitrogen and oxygen atoms in total. The maximum Gasteiger partial charge on any atom is 0.227 e. The van der Waals surface area contributed by atoms with Gasteiger partial charge in [-0.2, -0.15) is 0 Å². The SMILES string of the molecule is O=C(Cc1ccc(F)c(F)c1)N1C2CCC1CC(Br)C2. The van der Waals surface area contributed by atoms with Crippen LogP contribution in [-0.2, 0) is 11.2 Å². The number of carbonyl (C=O) groups excluding carboxylic acids is 1. The normalized spacial score (nSPS) is 28.8. The van der Waals surface area contributed by atoms with Gasteiger partial charge in [-0.15, -0.1) is 0 Å². The number of fused-ring (bicyclic) bond motifs is 2. The zero-order valence-corrected chi connectivity index (χ0v) is 12.6. The topological polar surface area (TPSA) is 20.3 Å². The van der Waals surface area contributed by atoms with E-state index in [1.807, 2.05) is 4.90 Å². The molecule has 1 amide bonds. The van der Waals surface area contributed by atoms with Gasteiger partial charge in [-0.3, -0.25) is 4.79 Å². The molecule has 108 valence electrons. The predicted octanol–water partition coefficient (Wildman–Crippen LogP) is 3.42. The Morgan fingerprint density at radius 3 is 2.45 bits per heavy atom. The third-order valence-electron chi connectivity index (χ3n) is 4.30. The smallest absolute Gasteiger partial charge is 0.227 e. The molecule has 0 spiro atoms. The van der Waals surface area contributed by atoms with Gasteiger partial charge in [0.15, 0.2) is 11.6 Å². The van der Waals surface area contributed by atoms with Gasteiger partial charge in [-0.05, 0) is 43.4 Å². The van der Waals surface area contributed by atoms with Crippen molar-refractivity contribution in [3.8, 4) is 0 Å². The van der Waals surface area contributed by atoms with Crippen LogP contribution in [0, 0.1) is 11.6 Å². The second-order valence-electron chi connectivity index (χ2n) is 5.68. The lowest BCUT2D eigenvalue weighted by Crippen LogP contribution is -2.47. The molecule has 2 bridgehead atoms. The number of rotatable bonds is 2. The monoisotopic (exact) mass is 343 g/mol. The third kappa shape index (κ3) is 2.60. The molecule has 2 atom stereocenters. The zero-order valence-electron chi connectivity index (χ0n) is 11.0. The fourth-order valence-electron chi connectivity index (χ4n) is 3.43. The van der Waals surface area contributed by atoms with E-state index in [1.54, 1.807) is 0 Å². The van der Waals surface area contributed by atoms with Crippen LogP contribution in [0.4, 0.5) is 8.78 Å². The van der Waals surface area contributed by atoms with E-state index in [-0.39, 0.29) is 12.3 Å². The summed E-state index contributed by atoms with van der Waals surface area (Å²) < 4.78 is 26.1. The molecule has 3 rings (SSSR count). The van der Waals surface area contributed by atoms with Crippen LogP contribution < -0.4 is 0 Å². The first-order valence-corrected chi connectivity index (χ1v) is 7.85. The first kappa shape index (κ1) is 14.0. The van der Waals surface area contributed by atoms with Crippen molar-refractivity contribution >= 4 is 21.8 Å². The van der Waals surface area contributed by atoms with Crippen LogP contribution in [0.2, 0.25) is 0 Å². The molecule has 0 aliphatic carbocycles. The molecule has 0 N–H and O–H groups in total. The standard InChI is InChI=1S/C15H16BrF2NO/c16-10-7-11-2-3-12(8-10)19(11)15(20)6-9-1-4-13(17)14(18)5-9/h1,4-5,10-12H,2-3,6-8H2. The average molecular weight is 344 g/mol. The minimum Gasteiger partial charge on any atom is -0.336 e. The van der Waals surface area contributed by atoms with Crippen molar-refractivity contribution in [2.75, 3.05) is 0 Å². The molecule has 0 saturated carbocycles. The molecule has 2 unspecified atom stereocenters. The summed E-state index contributed by atoms with van der Waals surface area (Å²) in [6.45, 7) is 0. The van der Waals surface area contributed by atoms with E-state index in [4.69, 9.17) is 0 Å². The van der Waals surface area contributed by atoms with Crippen molar-refractivity contribution in [2.45, 2.75) is 49.0 Å². The van der Waals surface area contributed by atoms with Crippen LogP contribution in [0.25, 0.3) is 0 Å². The second kappa shape index (κ2) is 5.43. The number of hydrogen-bond acceptors (Lipinski definition) is 1. The number of benzene rings is 1. The fraction of sp³-hybridized carbons (Fsp3) is 0.533. The molecular formula is C15H16BrF2NO. The maximum absolute atomic E-state index is 13.2. The molecular weight excluding hydrogens is 328 g/mol. The lowest BCUT2D eigenvalue weighted by Gasteiger charge is -2.37. The number of halogens is 3. The molecule has 1 aromatic carbocycles. The van der Waals surface area contributed by atoms with Crippen molar-refractivity contribution in [3.63, 3.8) is 0 Å². The van der Waals surface area contributed by atoms with Crippen molar-refractivity contribution < 1.29 is 13.6 Å². The summed E-state index contributed by atoms with van der Waals surface area (Å²) in [7, 11) is 0. The summed E-state index contributed by atoms with van der Waals surface area (Å²) in [6.07, 6.45) is 4.23. The highest BCUT2D eigenvalue weighted by Crippen LogP contribution is 2.38. The Morgan fingerprint density at radius 2 is 1.85 bits per heavy atom. The van der Waals surface area contributed by atoms with Crippen LogP contribution in [0.1, 0.15) is 31.2 Å². The molecule has 1 aromatic rings. The van der Waals surface area contributed by atoms with E-state index >= 15 is 0 Å². The highest BCUT2D eigenvalue weighted by molar-refractivity contribution is 9.09. The molecule has 2 aliphatic heterocycles. The van der Waals surface area contributed by atoms with Crippen molar-refractivity contribution in [2.24, 2.45) is 0 Å². The Labute approximate surface area is 125 Å². The molecule has 2 aliphatic rings. The Balaban J connectivity index is 1.72. The summed E-state index contributed by atoms with van der Waals surface area (Å²) in [5.41, 5.74) is 0.536. The van der Waals surface area contributed by atoms with Crippen LogP contribution >= 0.6 is 15.9 Å². The van der Waals surface area contributed by atoms with E-state index in [2.05, 4.69) is 15.9 Å². The lowest BCUT2D eigenvalue weighted by molar-refractivity contribution is -0.134. The van der Waals surface area contributed by atoms with E-state index in [0.29, 0.717) is 22.5 Å². The van der Waals surface area contributed by atoms with Crippen LogP contribution in [-0.4, -0.2) is 27.7 Å². The van der Waals surface area contributed by atoms with Gasteiger partial charge in [0, 0.05) is 16.9 Å². The Bertz CT molecular complexity index is 523. The van der Waals surface area contributed by atoms with E-state index in [0.717, 1.165) is 37.8 Å². The molecule has 0 radical (unpaired) electrons. The summed E-state index contributed by atoms with van der Waals surface area (Å²) in [5.74, 6) is -1.73. The third-order valence-corrected chi connectivity index (χ3v) is 5.05. The Kier molecular flexibility index (Phi) is 3.80. The Morgan fingerprint density at radius 1 is 1.20 bits per heavy atom. The summed E-state index contributed by atoms with van der Waals surface area (Å²) in [4.78, 5) is 14.9. The number of piperidine rings is 1. The van der Waals surface area contributed by atoms with Crippen molar-refractivity contribution in [1.29, 1.82) is 0 Å². The van der Waals surface area contributed by atoms with Gasteiger partial charge < -0.3 is 4.90 Å². The predicted molar refractivity (Wildman–Crippen MR) is 75.7 cm³/mol. The average Bonchev–Trinajstić information content (AvgIpc) is 2.66. The van der Waals surface area contributed by atoms with Crippen LogP contribution in [0.15, 0.2) is 18.2 Å². The molecule has 5 heteroatoms. The molecule has 2 saturated heterocycles. The molecule has 0 aromatic heterocycles. The van der Waals surface area contributed by atoms with Gasteiger partial charge >= 0.3 is 0 Å². The van der Waals surface area contributed by atoms with Gasteiger partial charge in [0.25, 0.3) is 0 Å². The summed E-state index contributed by atoms with van der Waals surface area (Å²) in [6, 6.07) is 4.28. The maximum atomic E-state index is 13.2. The number of nitrogens with zero attached hydrogens (tertiary/aromatic N) is 1. The highest BCUT2D eigenvalue weighted by atomic mass is 79.9. The van der Waals surface area contributed by atoms with E-state index in [9.17, 15) is 13.6 Å². The molecule has 20 heavy (non-hydrogen) atoms. The van der Waals surface area contributed by atoms with Crippen molar-refractivity contribution in [1.82, 2.24) is 4.90 Å². The second-order valence-corrected chi connectivity index (χ2v) is 6.97. The first-order valence-electron chi connectivity index (χ1n) is 6.93. The number of hydrogen-bond donors (Lipinski definition) is 0. The minimum atomic E-state index is -0.891. The largest absolute Gasteiger partial charge is 0.336 e. The van der Waals surface area contributed by atoms with Gasteiger partial charge in [0.1, 0.15) is 0 Å². The summed E-state index contributed by atoms with van der Waals surface area (Å²) in [5, 5.41) is 0. The molecule has 2 heterocycles. The van der Waals surface area contributed by atoms with Gasteiger partial charge in [0.05, 0.1) is 6.42 Å². The van der Waals surface area contributed by atoms with E-state index in [1.165, 1.54) is 6.07 Å². The van der Waals surface area contributed by atoms with Crippen LogP contribution in [0.3, 0.4) is 0 Å². The first-order chi connectivity index (χ1) is 9.54. The highest BCUT2D eigenvalue weighted by Gasteiger charge is 2.42. The Hall–Kier alpha value is -0.970. The van der Waals surface area contributed by atoms with Crippen LogP contribution in [0.5, 0.6) is 0 Å². The minimum absolute atomic E-state index is 0.0305. The van der Waals surface area contributed by atoms with Gasteiger partial charge in [0.2, 0.25) is 5.91 Å². The number of carbonyl (C=O) groups is 1. The molecule has 2 fully saturated rings. The van der Waals surface area contributed by atoms with Gasteiger partial charge in [-0.1, -0.05) is 22.0 Å². The van der Waals surface area contributed by atoms with Gasteiger partial charge in [-0.25, -0.2) is 8.78 Å². The summed E-state index contributed by atoms with van der Waals surface area (Å²) >= 11 is 3.64. The number of amides is 1. The zero-order chi connectivity index (χ0) is 14.3. The van der Waals surface area contributed by atoms with Crippen molar-refractivity contribution in [3.05, 3.63) is 35.4 Å².